The molecular formula is C11H12IN3O. The molecule has 0 bridgehead atoms. The van der Waals surface area contributed by atoms with E-state index in [9.17, 15) is 0 Å². The van der Waals surface area contributed by atoms with Gasteiger partial charge in [-0.3, -0.25) is 0 Å². The summed E-state index contributed by atoms with van der Waals surface area (Å²) < 4.78 is 8.39. The first-order valence-electron chi connectivity index (χ1n) is 5.32. The van der Waals surface area contributed by atoms with E-state index >= 15 is 0 Å². The molecule has 1 aliphatic carbocycles. The number of anilines is 1. The molecule has 16 heavy (non-hydrogen) atoms. The average Bonchev–Trinajstić information content (AvgIpc) is 2.87. The summed E-state index contributed by atoms with van der Waals surface area (Å²) in [5.74, 6) is 1.83. The first kappa shape index (κ1) is 10.2. The summed E-state index contributed by atoms with van der Waals surface area (Å²) in [7, 11) is 0. The maximum Gasteiger partial charge on any atom is 0.135 e. The van der Waals surface area contributed by atoms with Gasteiger partial charge in [-0.1, -0.05) is 0 Å². The Labute approximate surface area is 107 Å². The molecule has 2 N–H and O–H groups in total. The van der Waals surface area contributed by atoms with Gasteiger partial charge in [-0.05, 0) is 41.5 Å². The zero-order valence-electron chi connectivity index (χ0n) is 8.69. The van der Waals surface area contributed by atoms with Gasteiger partial charge in [0.25, 0.3) is 0 Å². The maximum absolute atomic E-state index is 6.02. The number of aryl methyl sites for hydroxylation is 1. The molecular weight excluding hydrogens is 317 g/mol. The lowest BCUT2D eigenvalue weighted by Gasteiger charge is -2.22. The van der Waals surface area contributed by atoms with Gasteiger partial charge in [0.15, 0.2) is 0 Å². The molecule has 1 atom stereocenters. The minimum Gasteiger partial charge on any atom is -0.469 e. The van der Waals surface area contributed by atoms with Crippen molar-refractivity contribution >= 4 is 28.4 Å². The van der Waals surface area contributed by atoms with E-state index in [0.717, 1.165) is 34.4 Å². The number of nitrogen functional groups attached to an aromatic ring is 1. The van der Waals surface area contributed by atoms with Crippen LogP contribution in [0.25, 0.3) is 0 Å². The summed E-state index contributed by atoms with van der Waals surface area (Å²) in [4.78, 5) is 0. The number of nitrogens with two attached hydrogens (primary N) is 1. The highest BCUT2D eigenvalue weighted by molar-refractivity contribution is 14.1. The molecule has 0 aliphatic heterocycles. The highest BCUT2D eigenvalue weighted by Crippen LogP contribution is 2.35. The lowest BCUT2D eigenvalue weighted by Crippen LogP contribution is -2.18. The van der Waals surface area contributed by atoms with Crippen LogP contribution in [0.2, 0.25) is 0 Å². The van der Waals surface area contributed by atoms with Crippen molar-refractivity contribution in [1.82, 2.24) is 9.78 Å². The highest BCUT2D eigenvalue weighted by Gasteiger charge is 2.26. The van der Waals surface area contributed by atoms with E-state index in [2.05, 4.69) is 27.7 Å². The fourth-order valence-corrected chi connectivity index (χ4v) is 2.69. The Kier molecular flexibility index (Phi) is 2.42. The minimum absolute atomic E-state index is 0.242. The van der Waals surface area contributed by atoms with Gasteiger partial charge in [-0.25, -0.2) is 4.68 Å². The third-order valence-electron chi connectivity index (χ3n) is 3.10. The molecule has 0 fully saturated rings. The summed E-state index contributed by atoms with van der Waals surface area (Å²) in [6, 6.07) is 2.28. The fraction of sp³-hybridized carbons (Fsp3) is 0.364. The molecule has 2 aromatic rings. The predicted molar refractivity (Wildman–Crippen MR) is 69.1 cm³/mol. The van der Waals surface area contributed by atoms with Crippen molar-refractivity contribution in [3.8, 4) is 0 Å². The highest BCUT2D eigenvalue weighted by atomic mass is 127. The van der Waals surface area contributed by atoms with Crippen LogP contribution in [0.4, 0.5) is 5.82 Å². The summed E-state index contributed by atoms with van der Waals surface area (Å²) in [5.41, 5.74) is 7.26. The topological polar surface area (TPSA) is 57.0 Å². The van der Waals surface area contributed by atoms with Gasteiger partial charge >= 0.3 is 0 Å². The number of aromatic nitrogens is 2. The molecule has 2 heterocycles. The summed E-state index contributed by atoms with van der Waals surface area (Å²) in [5, 5.41) is 4.36. The smallest absolute Gasteiger partial charge is 0.135 e. The Bertz CT molecular complexity index is 517. The molecule has 0 saturated heterocycles. The SMILES string of the molecule is Nc1c(I)cnn1C1CCCc2occc21. The van der Waals surface area contributed by atoms with Crippen molar-refractivity contribution in [1.29, 1.82) is 0 Å². The molecule has 5 heteroatoms. The summed E-state index contributed by atoms with van der Waals surface area (Å²) in [6.45, 7) is 0. The number of furan rings is 1. The van der Waals surface area contributed by atoms with Gasteiger partial charge in [0.1, 0.15) is 11.6 Å². The molecule has 0 saturated carbocycles. The van der Waals surface area contributed by atoms with E-state index in [4.69, 9.17) is 10.2 Å². The number of halogens is 1. The van der Waals surface area contributed by atoms with Crippen LogP contribution < -0.4 is 5.73 Å². The van der Waals surface area contributed by atoms with Crippen molar-refractivity contribution in [3.05, 3.63) is 33.4 Å². The standard InChI is InChI=1S/C11H12IN3O/c12-8-6-14-15(11(8)13)9-2-1-3-10-7(9)4-5-16-10/h4-6,9H,1-3,13H2. The van der Waals surface area contributed by atoms with E-state index in [0.29, 0.717) is 0 Å². The van der Waals surface area contributed by atoms with E-state index < -0.39 is 0 Å². The molecule has 0 aromatic carbocycles. The normalized spacial score (nSPS) is 19.7. The molecule has 1 aliphatic rings. The van der Waals surface area contributed by atoms with E-state index in [1.807, 2.05) is 16.9 Å². The molecule has 0 spiro atoms. The molecule has 3 rings (SSSR count). The Hall–Kier alpha value is -0.980. The molecule has 84 valence electrons. The number of nitrogens with zero attached hydrogens (tertiary/aromatic N) is 2. The quantitative estimate of drug-likeness (QED) is 0.818. The van der Waals surface area contributed by atoms with Gasteiger partial charge in [-0.15, -0.1) is 0 Å². The molecule has 2 aromatic heterocycles. The largest absolute Gasteiger partial charge is 0.469 e. The second-order valence-electron chi connectivity index (χ2n) is 4.03. The van der Waals surface area contributed by atoms with Crippen LogP contribution >= 0.6 is 22.6 Å². The Morgan fingerprint density at radius 2 is 2.44 bits per heavy atom. The van der Waals surface area contributed by atoms with Crippen LogP contribution in [0.3, 0.4) is 0 Å². The van der Waals surface area contributed by atoms with Crippen LogP contribution in [0, 0.1) is 3.57 Å². The van der Waals surface area contributed by atoms with Crippen molar-refractivity contribution in [2.24, 2.45) is 0 Å². The number of rotatable bonds is 1. The lowest BCUT2D eigenvalue weighted by molar-refractivity contribution is 0.409. The number of hydrogen-bond acceptors (Lipinski definition) is 3. The molecule has 0 amide bonds. The van der Waals surface area contributed by atoms with E-state index in [1.165, 1.54) is 5.56 Å². The average molecular weight is 329 g/mol. The van der Waals surface area contributed by atoms with Crippen molar-refractivity contribution in [2.75, 3.05) is 5.73 Å². The minimum atomic E-state index is 0.242. The van der Waals surface area contributed by atoms with Crippen molar-refractivity contribution < 1.29 is 4.42 Å². The van der Waals surface area contributed by atoms with Gasteiger partial charge in [0, 0.05) is 12.0 Å². The molecule has 1 unspecified atom stereocenters. The zero-order chi connectivity index (χ0) is 11.1. The Balaban J connectivity index is 2.07. The van der Waals surface area contributed by atoms with E-state index in [1.54, 1.807) is 6.26 Å². The van der Waals surface area contributed by atoms with Gasteiger partial charge in [0.2, 0.25) is 0 Å². The van der Waals surface area contributed by atoms with Crippen LogP contribution in [-0.4, -0.2) is 9.78 Å². The monoisotopic (exact) mass is 329 g/mol. The first-order chi connectivity index (χ1) is 7.77. The number of fused-ring (bicyclic) bond motifs is 1. The lowest BCUT2D eigenvalue weighted by atomic mass is 9.93. The predicted octanol–water partition coefficient (Wildman–Crippen LogP) is 2.59. The van der Waals surface area contributed by atoms with Gasteiger partial charge in [-0.2, -0.15) is 5.10 Å². The van der Waals surface area contributed by atoms with Crippen molar-refractivity contribution in [3.63, 3.8) is 0 Å². The second kappa shape index (κ2) is 3.80. The van der Waals surface area contributed by atoms with Crippen LogP contribution in [0.5, 0.6) is 0 Å². The number of hydrogen-bond donors (Lipinski definition) is 1. The summed E-state index contributed by atoms with van der Waals surface area (Å²) in [6.07, 6.45) is 6.80. The van der Waals surface area contributed by atoms with Crippen molar-refractivity contribution in [2.45, 2.75) is 25.3 Å². The van der Waals surface area contributed by atoms with Gasteiger partial charge < -0.3 is 10.2 Å². The first-order valence-corrected chi connectivity index (χ1v) is 6.40. The van der Waals surface area contributed by atoms with E-state index in [-0.39, 0.29) is 6.04 Å². The molecule has 4 nitrogen and oxygen atoms in total. The van der Waals surface area contributed by atoms with Crippen LogP contribution in [-0.2, 0) is 6.42 Å². The zero-order valence-corrected chi connectivity index (χ0v) is 10.8. The Morgan fingerprint density at radius 3 is 3.19 bits per heavy atom. The van der Waals surface area contributed by atoms with Crippen LogP contribution in [0.1, 0.15) is 30.2 Å². The third-order valence-corrected chi connectivity index (χ3v) is 3.93. The molecule has 0 radical (unpaired) electrons. The fourth-order valence-electron chi connectivity index (χ4n) is 2.32. The van der Waals surface area contributed by atoms with Crippen LogP contribution in [0.15, 0.2) is 22.9 Å². The maximum atomic E-state index is 6.02. The Morgan fingerprint density at radius 1 is 1.56 bits per heavy atom. The van der Waals surface area contributed by atoms with Gasteiger partial charge in [0.05, 0.1) is 22.1 Å². The second-order valence-corrected chi connectivity index (χ2v) is 5.19. The summed E-state index contributed by atoms with van der Waals surface area (Å²) >= 11 is 2.21. The third kappa shape index (κ3) is 1.45.